The van der Waals surface area contributed by atoms with Crippen molar-refractivity contribution in [2.75, 3.05) is 0 Å². The third kappa shape index (κ3) is 1.36. The van der Waals surface area contributed by atoms with Crippen LogP contribution in [-0.2, 0) is 0 Å². The van der Waals surface area contributed by atoms with Crippen molar-refractivity contribution < 1.29 is 0 Å². The maximum atomic E-state index is 4.49. The number of rotatable bonds is 1. The lowest BCUT2D eigenvalue weighted by molar-refractivity contribution is 0.826. The van der Waals surface area contributed by atoms with Gasteiger partial charge in [-0.15, -0.1) is 23.1 Å². The van der Waals surface area contributed by atoms with Crippen LogP contribution in [0.25, 0.3) is 0 Å². The van der Waals surface area contributed by atoms with Crippen LogP contribution in [0.4, 0.5) is 0 Å². The van der Waals surface area contributed by atoms with Crippen LogP contribution < -0.4 is 5.32 Å². The highest BCUT2D eigenvalue weighted by Gasteiger charge is 2.18. The number of thioether (sulfide) groups is 1. The van der Waals surface area contributed by atoms with Crippen molar-refractivity contribution in [2.24, 2.45) is 0 Å². The molecule has 0 amide bonds. The third-order valence-corrected chi connectivity index (χ3v) is 3.54. The van der Waals surface area contributed by atoms with E-state index in [0.29, 0.717) is 5.37 Å². The Balaban J connectivity index is 2.27. The molecule has 0 fully saturated rings. The molecule has 0 bridgehead atoms. The third-order valence-electron chi connectivity index (χ3n) is 1.72. The summed E-state index contributed by atoms with van der Waals surface area (Å²) >= 11 is 3.54. The van der Waals surface area contributed by atoms with Gasteiger partial charge >= 0.3 is 0 Å². The molecule has 2 nitrogen and oxygen atoms in total. The fourth-order valence-electron chi connectivity index (χ4n) is 1.22. The predicted octanol–water partition coefficient (Wildman–Crippen LogP) is 2.57. The van der Waals surface area contributed by atoms with Crippen LogP contribution in [0.15, 0.2) is 11.6 Å². The summed E-state index contributed by atoms with van der Waals surface area (Å²) in [6.07, 6.45) is 1.98. The lowest BCUT2D eigenvalue weighted by Gasteiger charge is -2.07. The lowest BCUT2D eigenvalue weighted by Crippen LogP contribution is -2.08. The van der Waals surface area contributed by atoms with Gasteiger partial charge in [-0.05, 0) is 19.3 Å². The molecule has 2 rings (SSSR count). The summed E-state index contributed by atoms with van der Waals surface area (Å²) in [5.41, 5.74) is 1.19. The van der Waals surface area contributed by atoms with Gasteiger partial charge in [-0.25, -0.2) is 4.98 Å². The van der Waals surface area contributed by atoms with E-state index < -0.39 is 0 Å². The van der Waals surface area contributed by atoms with Gasteiger partial charge in [-0.1, -0.05) is 0 Å². The van der Waals surface area contributed by atoms with Crippen molar-refractivity contribution in [1.29, 1.82) is 0 Å². The van der Waals surface area contributed by atoms with E-state index in [1.165, 1.54) is 10.6 Å². The van der Waals surface area contributed by atoms with Crippen LogP contribution >= 0.6 is 23.1 Å². The number of hydrogen-bond acceptors (Lipinski definition) is 4. The van der Waals surface area contributed by atoms with Crippen LogP contribution in [0.1, 0.15) is 21.0 Å². The van der Waals surface area contributed by atoms with Gasteiger partial charge < -0.3 is 5.32 Å². The highest BCUT2D eigenvalue weighted by molar-refractivity contribution is 8.02. The summed E-state index contributed by atoms with van der Waals surface area (Å²) < 4.78 is 0. The summed E-state index contributed by atoms with van der Waals surface area (Å²) in [6.45, 7) is 4.18. The largest absolute Gasteiger partial charge is 0.374 e. The molecule has 12 heavy (non-hydrogen) atoms. The van der Waals surface area contributed by atoms with Gasteiger partial charge in [0, 0.05) is 11.1 Å². The van der Waals surface area contributed by atoms with E-state index in [9.17, 15) is 0 Å². The SMILES string of the molecule is Cc1nc(C2NC=CS2)c(C)s1. The van der Waals surface area contributed by atoms with Crippen LogP contribution in [-0.4, -0.2) is 4.98 Å². The molecule has 1 atom stereocenters. The molecule has 0 aliphatic carbocycles. The first kappa shape index (κ1) is 8.13. The molecule has 1 aliphatic heterocycles. The molecule has 1 aromatic rings. The minimum absolute atomic E-state index is 0.343. The maximum Gasteiger partial charge on any atom is 0.120 e. The van der Waals surface area contributed by atoms with Gasteiger partial charge in [0.2, 0.25) is 0 Å². The predicted molar refractivity (Wildman–Crippen MR) is 54.2 cm³/mol. The molecular formula is C8H10N2S2. The first-order chi connectivity index (χ1) is 5.77. The van der Waals surface area contributed by atoms with Crippen LogP contribution in [0, 0.1) is 13.8 Å². The molecule has 0 saturated heterocycles. The Morgan fingerprint density at radius 1 is 1.50 bits per heavy atom. The summed E-state index contributed by atoms with van der Waals surface area (Å²) in [5.74, 6) is 0. The van der Waals surface area contributed by atoms with Crippen LogP contribution in [0.3, 0.4) is 0 Å². The van der Waals surface area contributed by atoms with Gasteiger partial charge in [0.25, 0.3) is 0 Å². The van der Waals surface area contributed by atoms with Crippen molar-refractivity contribution in [2.45, 2.75) is 19.2 Å². The van der Waals surface area contributed by atoms with Crippen molar-refractivity contribution in [3.8, 4) is 0 Å². The molecule has 1 N–H and O–H groups in total. The van der Waals surface area contributed by atoms with E-state index in [2.05, 4.69) is 22.6 Å². The minimum atomic E-state index is 0.343. The molecule has 1 aromatic heterocycles. The van der Waals surface area contributed by atoms with E-state index >= 15 is 0 Å². The summed E-state index contributed by atoms with van der Waals surface area (Å²) in [7, 11) is 0. The lowest BCUT2D eigenvalue weighted by atomic mass is 10.4. The Morgan fingerprint density at radius 2 is 2.33 bits per heavy atom. The second kappa shape index (κ2) is 3.11. The van der Waals surface area contributed by atoms with Crippen molar-refractivity contribution in [3.63, 3.8) is 0 Å². The van der Waals surface area contributed by atoms with Crippen molar-refractivity contribution in [1.82, 2.24) is 10.3 Å². The fraction of sp³-hybridized carbons (Fsp3) is 0.375. The van der Waals surface area contributed by atoms with Crippen molar-refractivity contribution in [3.05, 3.63) is 27.2 Å². The Bertz CT molecular complexity index is 309. The Kier molecular flexibility index (Phi) is 2.11. The van der Waals surface area contributed by atoms with E-state index in [4.69, 9.17) is 0 Å². The number of aromatic nitrogens is 1. The average Bonchev–Trinajstić information content (AvgIpc) is 2.58. The monoisotopic (exact) mass is 198 g/mol. The average molecular weight is 198 g/mol. The Morgan fingerprint density at radius 3 is 2.83 bits per heavy atom. The number of hydrogen-bond donors (Lipinski definition) is 1. The maximum absolute atomic E-state index is 4.49. The summed E-state index contributed by atoms with van der Waals surface area (Å²) in [5, 5.41) is 6.81. The standard InChI is InChI=1S/C8H10N2S2/c1-5-7(10-6(2)12-5)8-9-3-4-11-8/h3-4,8-9H,1-2H3. The normalized spacial score (nSPS) is 21.3. The van der Waals surface area contributed by atoms with Gasteiger partial charge in [0.1, 0.15) is 5.37 Å². The summed E-state index contributed by atoms with van der Waals surface area (Å²) in [6, 6.07) is 0. The molecular weight excluding hydrogens is 188 g/mol. The van der Waals surface area contributed by atoms with Crippen molar-refractivity contribution >= 4 is 23.1 Å². The topological polar surface area (TPSA) is 24.9 Å². The molecule has 4 heteroatoms. The van der Waals surface area contributed by atoms with E-state index in [1.54, 1.807) is 23.1 Å². The van der Waals surface area contributed by atoms with E-state index in [1.807, 2.05) is 13.1 Å². The molecule has 2 heterocycles. The second-order valence-corrected chi connectivity index (χ2v) is 5.08. The Hall–Kier alpha value is -0.480. The zero-order chi connectivity index (χ0) is 8.55. The van der Waals surface area contributed by atoms with Gasteiger partial charge in [0.15, 0.2) is 0 Å². The van der Waals surface area contributed by atoms with Crippen LogP contribution in [0.2, 0.25) is 0 Å². The smallest absolute Gasteiger partial charge is 0.120 e. The molecule has 1 unspecified atom stereocenters. The van der Waals surface area contributed by atoms with Crippen LogP contribution in [0.5, 0.6) is 0 Å². The molecule has 0 radical (unpaired) electrons. The number of nitrogens with one attached hydrogen (secondary N) is 1. The molecule has 0 aromatic carbocycles. The van der Waals surface area contributed by atoms with E-state index in [-0.39, 0.29) is 0 Å². The molecule has 64 valence electrons. The first-order valence-electron chi connectivity index (χ1n) is 3.78. The second-order valence-electron chi connectivity index (χ2n) is 2.66. The number of aryl methyl sites for hydroxylation is 2. The quantitative estimate of drug-likeness (QED) is 0.750. The highest BCUT2D eigenvalue weighted by atomic mass is 32.2. The number of thiazole rings is 1. The van der Waals surface area contributed by atoms with E-state index in [0.717, 1.165) is 5.01 Å². The summed E-state index contributed by atoms with van der Waals surface area (Å²) in [4.78, 5) is 5.81. The van der Waals surface area contributed by atoms with Gasteiger partial charge in [-0.2, -0.15) is 0 Å². The highest BCUT2D eigenvalue weighted by Crippen LogP contribution is 2.33. The molecule has 1 aliphatic rings. The minimum Gasteiger partial charge on any atom is -0.374 e. The Labute approximate surface area is 80.1 Å². The zero-order valence-corrected chi connectivity index (χ0v) is 8.63. The first-order valence-corrected chi connectivity index (χ1v) is 5.54. The number of nitrogens with zero attached hydrogens (tertiary/aromatic N) is 1. The zero-order valence-electron chi connectivity index (χ0n) is 7.00. The molecule has 0 saturated carbocycles. The van der Waals surface area contributed by atoms with Gasteiger partial charge in [0.05, 0.1) is 10.7 Å². The fourth-order valence-corrected chi connectivity index (χ4v) is 2.98. The molecule has 0 spiro atoms. The van der Waals surface area contributed by atoms with Gasteiger partial charge in [-0.3, -0.25) is 0 Å².